The summed E-state index contributed by atoms with van der Waals surface area (Å²) in [6.45, 7) is 3.90. The number of carbonyl (C=O) groups excluding carboxylic acids is 1. The molecule has 27 heavy (non-hydrogen) atoms. The molecule has 3 aromatic rings. The molecule has 0 atom stereocenters. The minimum atomic E-state index is -3.52. The molecule has 1 amide bonds. The summed E-state index contributed by atoms with van der Waals surface area (Å²) in [5, 5.41) is 7.22. The predicted octanol–water partition coefficient (Wildman–Crippen LogP) is 3.24. The Morgan fingerprint density at radius 2 is 1.85 bits per heavy atom. The number of aryl methyl sites for hydroxylation is 2. The van der Waals surface area contributed by atoms with Crippen LogP contribution >= 0.6 is 0 Å². The maximum Gasteiger partial charge on any atom is 0.276 e. The standard InChI is InChI=1S/C20H19N3O3S/c1-12-7-6-9-16(13(12)2)21-20(24)18-15-11-27(25,26)17-10-5-4-8-14(17)19(15)23(3)22-18/h4-10H,11H2,1-3H3,(H,21,24). The van der Waals surface area contributed by atoms with E-state index in [1.54, 1.807) is 36.0 Å². The average Bonchev–Trinajstić information content (AvgIpc) is 2.95. The molecule has 1 aromatic heterocycles. The molecule has 6 nitrogen and oxygen atoms in total. The lowest BCUT2D eigenvalue weighted by Gasteiger charge is -2.18. The third-order valence-electron chi connectivity index (χ3n) is 5.02. The minimum absolute atomic E-state index is 0.145. The molecule has 0 spiro atoms. The highest BCUT2D eigenvalue weighted by molar-refractivity contribution is 7.90. The normalized spacial score (nSPS) is 14.3. The number of sulfone groups is 1. The van der Waals surface area contributed by atoms with Crippen LogP contribution in [0, 0.1) is 13.8 Å². The molecule has 1 aliphatic rings. The van der Waals surface area contributed by atoms with Crippen molar-refractivity contribution in [3.8, 4) is 11.3 Å². The van der Waals surface area contributed by atoms with E-state index in [0.717, 1.165) is 11.1 Å². The molecule has 1 aliphatic heterocycles. The van der Waals surface area contributed by atoms with Crippen molar-refractivity contribution in [2.24, 2.45) is 7.05 Å². The molecule has 0 radical (unpaired) electrons. The molecule has 7 heteroatoms. The summed E-state index contributed by atoms with van der Waals surface area (Å²) in [6.07, 6.45) is 0. The first kappa shape index (κ1) is 17.5. The number of amides is 1. The lowest BCUT2D eigenvalue weighted by Crippen LogP contribution is -2.19. The Morgan fingerprint density at radius 3 is 2.63 bits per heavy atom. The highest BCUT2D eigenvalue weighted by Gasteiger charge is 2.34. The molecule has 0 saturated carbocycles. The first-order valence-electron chi connectivity index (χ1n) is 8.55. The van der Waals surface area contributed by atoms with E-state index in [1.807, 2.05) is 32.0 Å². The van der Waals surface area contributed by atoms with E-state index >= 15 is 0 Å². The Labute approximate surface area is 157 Å². The summed E-state index contributed by atoms with van der Waals surface area (Å²) in [5.74, 6) is -0.641. The van der Waals surface area contributed by atoms with Crippen LogP contribution in [0.4, 0.5) is 5.69 Å². The van der Waals surface area contributed by atoms with Gasteiger partial charge in [0, 0.05) is 23.9 Å². The van der Waals surface area contributed by atoms with Crippen LogP contribution in [0.25, 0.3) is 11.3 Å². The molecular weight excluding hydrogens is 362 g/mol. The van der Waals surface area contributed by atoms with Gasteiger partial charge in [-0.05, 0) is 37.1 Å². The topological polar surface area (TPSA) is 81.1 Å². The summed E-state index contributed by atoms with van der Waals surface area (Å²) in [4.78, 5) is 13.2. The first-order valence-corrected chi connectivity index (χ1v) is 10.2. The second-order valence-corrected chi connectivity index (χ2v) is 8.71. The molecule has 4 rings (SSSR count). The highest BCUT2D eigenvalue weighted by atomic mass is 32.2. The van der Waals surface area contributed by atoms with E-state index in [2.05, 4.69) is 10.4 Å². The van der Waals surface area contributed by atoms with E-state index in [-0.39, 0.29) is 16.3 Å². The molecule has 1 N–H and O–H groups in total. The van der Waals surface area contributed by atoms with Gasteiger partial charge in [0.05, 0.1) is 16.3 Å². The minimum Gasteiger partial charge on any atom is -0.320 e. The van der Waals surface area contributed by atoms with Gasteiger partial charge in [-0.25, -0.2) is 8.42 Å². The summed E-state index contributed by atoms with van der Waals surface area (Å²) in [6, 6.07) is 12.5. The van der Waals surface area contributed by atoms with Crippen LogP contribution in [0.5, 0.6) is 0 Å². The van der Waals surface area contributed by atoms with E-state index in [0.29, 0.717) is 22.5 Å². The second kappa shape index (κ2) is 6.06. The van der Waals surface area contributed by atoms with Crippen molar-refractivity contribution in [2.75, 3.05) is 5.32 Å². The van der Waals surface area contributed by atoms with Crippen molar-refractivity contribution in [3.05, 3.63) is 64.8 Å². The summed E-state index contributed by atoms with van der Waals surface area (Å²) in [5.41, 5.74) is 4.57. The van der Waals surface area contributed by atoms with Crippen LogP contribution < -0.4 is 5.32 Å². The van der Waals surface area contributed by atoms with Crippen LogP contribution in [-0.4, -0.2) is 24.1 Å². The smallest absolute Gasteiger partial charge is 0.276 e. The van der Waals surface area contributed by atoms with Gasteiger partial charge in [0.15, 0.2) is 15.5 Å². The fourth-order valence-electron chi connectivity index (χ4n) is 3.49. The first-order chi connectivity index (χ1) is 12.8. The van der Waals surface area contributed by atoms with Crippen molar-refractivity contribution in [1.82, 2.24) is 9.78 Å². The largest absolute Gasteiger partial charge is 0.320 e. The van der Waals surface area contributed by atoms with Crippen LogP contribution in [-0.2, 0) is 22.6 Å². The predicted molar refractivity (Wildman–Crippen MR) is 103 cm³/mol. The van der Waals surface area contributed by atoms with Gasteiger partial charge < -0.3 is 5.32 Å². The number of hydrogen-bond acceptors (Lipinski definition) is 4. The van der Waals surface area contributed by atoms with E-state index in [4.69, 9.17) is 0 Å². The van der Waals surface area contributed by atoms with Gasteiger partial charge in [-0.15, -0.1) is 0 Å². The number of aromatic nitrogens is 2. The number of hydrogen-bond donors (Lipinski definition) is 1. The SMILES string of the molecule is Cc1cccc(NC(=O)c2nn(C)c3c2CS(=O)(=O)c2ccccc2-3)c1C. The third kappa shape index (κ3) is 2.75. The molecule has 0 unspecified atom stereocenters. The zero-order valence-electron chi connectivity index (χ0n) is 15.3. The van der Waals surface area contributed by atoms with Crippen molar-refractivity contribution < 1.29 is 13.2 Å². The van der Waals surface area contributed by atoms with Crippen molar-refractivity contribution in [3.63, 3.8) is 0 Å². The Kier molecular flexibility index (Phi) is 3.92. The van der Waals surface area contributed by atoms with Crippen LogP contribution in [0.15, 0.2) is 47.4 Å². The van der Waals surface area contributed by atoms with Gasteiger partial charge >= 0.3 is 0 Å². The summed E-state index contributed by atoms with van der Waals surface area (Å²) >= 11 is 0. The number of carbonyl (C=O) groups is 1. The number of benzene rings is 2. The Bertz CT molecular complexity index is 1190. The molecule has 0 fully saturated rings. The number of fused-ring (bicyclic) bond motifs is 3. The number of rotatable bonds is 2. The van der Waals surface area contributed by atoms with Crippen LogP contribution in [0.3, 0.4) is 0 Å². The molecule has 138 valence electrons. The van der Waals surface area contributed by atoms with Gasteiger partial charge in [0.2, 0.25) is 0 Å². The molecule has 2 heterocycles. The lowest BCUT2D eigenvalue weighted by molar-refractivity contribution is 0.102. The van der Waals surface area contributed by atoms with E-state index < -0.39 is 15.7 Å². The fraction of sp³-hybridized carbons (Fsp3) is 0.200. The number of anilines is 1. The quantitative estimate of drug-likeness (QED) is 0.739. The average molecular weight is 381 g/mol. The van der Waals surface area contributed by atoms with Gasteiger partial charge in [-0.1, -0.05) is 30.3 Å². The van der Waals surface area contributed by atoms with E-state index in [9.17, 15) is 13.2 Å². The maximum absolute atomic E-state index is 12.9. The van der Waals surface area contributed by atoms with E-state index in [1.165, 1.54) is 0 Å². The Morgan fingerprint density at radius 1 is 1.11 bits per heavy atom. The second-order valence-electron chi connectivity index (χ2n) is 6.76. The van der Waals surface area contributed by atoms with Gasteiger partial charge in [-0.2, -0.15) is 5.10 Å². The Hall–Kier alpha value is -2.93. The lowest BCUT2D eigenvalue weighted by atomic mass is 10.1. The zero-order valence-corrected chi connectivity index (χ0v) is 16.1. The molecule has 2 aromatic carbocycles. The molecular formula is C20H19N3O3S. The summed E-state index contributed by atoms with van der Waals surface area (Å²) in [7, 11) is -1.79. The monoisotopic (exact) mass is 381 g/mol. The molecule has 0 aliphatic carbocycles. The van der Waals surface area contributed by atoms with Crippen molar-refractivity contribution in [1.29, 1.82) is 0 Å². The Balaban J connectivity index is 1.82. The zero-order chi connectivity index (χ0) is 19.3. The highest BCUT2D eigenvalue weighted by Crippen LogP contribution is 2.39. The maximum atomic E-state index is 12.9. The summed E-state index contributed by atoms with van der Waals surface area (Å²) < 4.78 is 27.0. The van der Waals surface area contributed by atoms with Crippen LogP contribution in [0.1, 0.15) is 27.2 Å². The van der Waals surface area contributed by atoms with Gasteiger partial charge in [-0.3, -0.25) is 9.48 Å². The fourth-order valence-corrected chi connectivity index (χ4v) is 5.09. The van der Waals surface area contributed by atoms with Gasteiger partial charge in [0.25, 0.3) is 5.91 Å². The number of nitrogens with one attached hydrogen (secondary N) is 1. The molecule has 0 bridgehead atoms. The number of nitrogens with zero attached hydrogens (tertiary/aromatic N) is 2. The van der Waals surface area contributed by atoms with Crippen LogP contribution in [0.2, 0.25) is 0 Å². The molecule has 0 saturated heterocycles. The van der Waals surface area contributed by atoms with Crippen molar-refractivity contribution >= 4 is 21.4 Å². The third-order valence-corrected chi connectivity index (χ3v) is 6.72. The van der Waals surface area contributed by atoms with Crippen molar-refractivity contribution in [2.45, 2.75) is 24.5 Å². The van der Waals surface area contributed by atoms with Gasteiger partial charge in [0.1, 0.15) is 0 Å².